The number of alkyl halides is 2. The van der Waals surface area contributed by atoms with Gasteiger partial charge in [-0.3, -0.25) is 0 Å². The SMILES string of the molecule is CC1(Oc2ccc(C(=O)OC(C3CCCCC3)C(F)(F)C(=O)[O-])cc2)C2CC3CC(C2)CC1C3. The van der Waals surface area contributed by atoms with Crippen LogP contribution in [0.3, 0.4) is 0 Å². The Kier molecular flexibility index (Phi) is 6.09. The molecule has 5 saturated carbocycles. The molecule has 4 bridgehead atoms. The monoisotopic (exact) mass is 475 g/mol. The molecule has 0 radical (unpaired) electrons. The smallest absolute Gasteiger partial charge is 0.338 e. The lowest BCUT2D eigenvalue weighted by Crippen LogP contribution is -2.59. The Labute approximate surface area is 199 Å². The maximum Gasteiger partial charge on any atom is 0.338 e. The predicted molar refractivity (Wildman–Crippen MR) is 118 cm³/mol. The molecule has 1 aromatic rings. The summed E-state index contributed by atoms with van der Waals surface area (Å²) in [6.07, 6.45) is 7.28. The second-order valence-electron chi connectivity index (χ2n) is 11.2. The van der Waals surface area contributed by atoms with Crippen molar-refractivity contribution < 1.29 is 33.0 Å². The number of esters is 1. The Morgan fingerprint density at radius 2 is 1.53 bits per heavy atom. The number of carbonyl (C=O) groups excluding carboxylic acids is 2. The topological polar surface area (TPSA) is 75.7 Å². The molecule has 6 rings (SSSR count). The minimum atomic E-state index is -4.24. The lowest BCUT2D eigenvalue weighted by molar-refractivity contribution is -0.337. The number of ether oxygens (including phenoxy) is 2. The zero-order chi connectivity index (χ0) is 24.1. The van der Waals surface area contributed by atoms with Crippen LogP contribution in [0.1, 0.15) is 81.5 Å². The van der Waals surface area contributed by atoms with Crippen molar-refractivity contribution in [2.75, 3.05) is 0 Å². The van der Waals surface area contributed by atoms with Crippen molar-refractivity contribution in [3.8, 4) is 5.75 Å². The lowest BCUT2D eigenvalue weighted by atomic mass is 9.50. The van der Waals surface area contributed by atoms with E-state index < -0.39 is 29.9 Å². The summed E-state index contributed by atoms with van der Waals surface area (Å²) in [6.45, 7) is 2.21. The highest BCUT2D eigenvalue weighted by atomic mass is 19.3. The van der Waals surface area contributed by atoms with Gasteiger partial charge >= 0.3 is 11.9 Å². The fraction of sp³-hybridized carbons (Fsp3) is 0.704. The molecule has 0 spiro atoms. The van der Waals surface area contributed by atoms with Crippen molar-refractivity contribution in [1.82, 2.24) is 0 Å². The highest BCUT2D eigenvalue weighted by molar-refractivity contribution is 5.90. The molecule has 0 amide bonds. The Balaban J connectivity index is 1.28. The number of benzene rings is 1. The third kappa shape index (κ3) is 4.20. The summed E-state index contributed by atoms with van der Waals surface area (Å²) in [5, 5.41) is 11.1. The fourth-order valence-electron chi connectivity index (χ4n) is 7.40. The van der Waals surface area contributed by atoms with Crippen LogP contribution < -0.4 is 9.84 Å². The molecular weight excluding hydrogens is 442 g/mol. The average Bonchev–Trinajstić information content (AvgIpc) is 2.81. The first kappa shape index (κ1) is 23.6. The molecule has 7 heteroatoms. The van der Waals surface area contributed by atoms with Crippen LogP contribution in [0.2, 0.25) is 0 Å². The van der Waals surface area contributed by atoms with Crippen LogP contribution in [0.4, 0.5) is 8.78 Å². The standard InChI is InChI=1S/C27H34F2O5/c1-26(20-12-16-11-17(14-20)15-21(26)13-16)34-22-9-7-19(8-10-22)24(30)33-23(27(28,29)25(31)32)18-5-3-2-4-6-18/h7-10,16-18,20-21,23H,2-6,11-15H2,1H3,(H,31,32)/p-1. The van der Waals surface area contributed by atoms with Crippen molar-refractivity contribution >= 4 is 11.9 Å². The molecule has 0 aliphatic heterocycles. The van der Waals surface area contributed by atoms with E-state index in [0.29, 0.717) is 43.3 Å². The molecule has 5 nitrogen and oxygen atoms in total. The third-order valence-electron chi connectivity index (χ3n) is 9.13. The van der Waals surface area contributed by atoms with Crippen molar-refractivity contribution in [1.29, 1.82) is 0 Å². The quantitative estimate of drug-likeness (QED) is 0.531. The summed E-state index contributed by atoms with van der Waals surface area (Å²) in [5.41, 5.74) is -0.129. The van der Waals surface area contributed by atoms with Gasteiger partial charge in [0.15, 0.2) is 6.10 Å². The van der Waals surface area contributed by atoms with Crippen LogP contribution >= 0.6 is 0 Å². The fourth-order valence-corrected chi connectivity index (χ4v) is 7.40. The van der Waals surface area contributed by atoms with E-state index in [4.69, 9.17) is 9.47 Å². The Bertz CT molecular complexity index is 893. The van der Waals surface area contributed by atoms with E-state index in [1.165, 1.54) is 44.2 Å². The Morgan fingerprint density at radius 1 is 0.971 bits per heavy atom. The number of carboxylic acids is 1. The zero-order valence-corrected chi connectivity index (χ0v) is 19.6. The van der Waals surface area contributed by atoms with Gasteiger partial charge in [-0.2, -0.15) is 8.78 Å². The van der Waals surface area contributed by atoms with Crippen LogP contribution in [-0.4, -0.2) is 29.6 Å². The summed E-state index contributed by atoms with van der Waals surface area (Å²) < 4.78 is 40.5. The number of carboxylic acid groups (broad SMARTS) is 1. The van der Waals surface area contributed by atoms with Crippen LogP contribution in [0.5, 0.6) is 5.75 Å². The molecule has 5 aliphatic rings. The largest absolute Gasteiger partial charge is 0.544 e. The molecule has 0 N–H and O–H groups in total. The van der Waals surface area contributed by atoms with Crippen LogP contribution in [-0.2, 0) is 9.53 Å². The second-order valence-corrected chi connectivity index (χ2v) is 11.2. The normalized spacial score (nSPS) is 34.0. The Morgan fingerprint density at radius 3 is 2.06 bits per heavy atom. The van der Waals surface area contributed by atoms with Gasteiger partial charge in [-0.1, -0.05) is 19.3 Å². The van der Waals surface area contributed by atoms with Crippen molar-refractivity contribution in [3.05, 3.63) is 29.8 Å². The average molecular weight is 476 g/mol. The molecule has 5 fully saturated rings. The molecular formula is C27H33F2O5-. The van der Waals surface area contributed by atoms with Gasteiger partial charge in [-0.05, 0) is 99.8 Å². The predicted octanol–water partition coefficient (Wildman–Crippen LogP) is 4.77. The minimum absolute atomic E-state index is 0.0949. The zero-order valence-electron chi connectivity index (χ0n) is 19.6. The van der Waals surface area contributed by atoms with Crippen molar-refractivity contribution in [3.63, 3.8) is 0 Å². The first-order valence-corrected chi connectivity index (χ1v) is 12.8. The minimum Gasteiger partial charge on any atom is -0.544 e. The molecule has 34 heavy (non-hydrogen) atoms. The maximum atomic E-state index is 14.4. The van der Waals surface area contributed by atoms with Gasteiger partial charge in [0.05, 0.1) is 5.56 Å². The van der Waals surface area contributed by atoms with Gasteiger partial charge in [0.25, 0.3) is 0 Å². The van der Waals surface area contributed by atoms with Crippen LogP contribution in [0.25, 0.3) is 0 Å². The molecule has 0 saturated heterocycles. The van der Waals surface area contributed by atoms with E-state index >= 15 is 0 Å². The van der Waals surface area contributed by atoms with Crippen LogP contribution in [0, 0.1) is 29.6 Å². The molecule has 0 aromatic heterocycles. The highest BCUT2D eigenvalue weighted by Gasteiger charge is 2.56. The summed E-state index contributed by atoms with van der Waals surface area (Å²) in [7, 11) is 0. The van der Waals surface area contributed by atoms with Crippen molar-refractivity contribution in [2.45, 2.75) is 88.8 Å². The molecule has 0 heterocycles. The summed E-state index contributed by atoms with van der Waals surface area (Å²) in [5.74, 6) is -5.03. The first-order chi connectivity index (χ1) is 16.2. The number of hydrogen-bond donors (Lipinski definition) is 0. The van der Waals surface area contributed by atoms with E-state index in [-0.39, 0.29) is 11.2 Å². The van der Waals surface area contributed by atoms with Gasteiger partial charge in [0.1, 0.15) is 17.3 Å². The second kappa shape index (κ2) is 8.80. The summed E-state index contributed by atoms with van der Waals surface area (Å²) in [6, 6.07) is 6.37. The molecule has 1 aromatic carbocycles. The molecule has 1 unspecified atom stereocenters. The van der Waals surface area contributed by atoms with Gasteiger partial charge in [0.2, 0.25) is 0 Å². The number of carbonyl (C=O) groups is 2. The summed E-state index contributed by atoms with van der Waals surface area (Å²) >= 11 is 0. The van der Waals surface area contributed by atoms with Gasteiger partial charge in [-0.25, -0.2) is 4.79 Å². The summed E-state index contributed by atoms with van der Waals surface area (Å²) in [4.78, 5) is 23.8. The number of hydrogen-bond acceptors (Lipinski definition) is 5. The van der Waals surface area contributed by atoms with E-state index in [0.717, 1.165) is 18.3 Å². The third-order valence-corrected chi connectivity index (χ3v) is 9.13. The van der Waals surface area contributed by atoms with E-state index in [2.05, 4.69) is 6.92 Å². The number of halogens is 2. The first-order valence-electron chi connectivity index (χ1n) is 12.8. The molecule has 5 aliphatic carbocycles. The lowest BCUT2D eigenvalue weighted by Gasteiger charge is -2.59. The van der Waals surface area contributed by atoms with E-state index in [1.54, 1.807) is 12.1 Å². The number of rotatable bonds is 7. The molecule has 186 valence electrons. The van der Waals surface area contributed by atoms with E-state index in [9.17, 15) is 23.5 Å². The van der Waals surface area contributed by atoms with Crippen molar-refractivity contribution in [2.24, 2.45) is 29.6 Å². The van der Waals surface area contributed by atoms with Crippen LogP contribution in [0.15, 0.2) is 24.3 Å². The van der Waals surface area contributed by atoms with Gasteiger partial charge in [-0.15, -0.1) is 0 Å². The Hall–Kier alpha value is -2.18. The van der Waals surface area contributed by atoms with Gasteiger partial charge < -0.3 is 19.4 Å². The molecule has 1 atom stereocenters. The highest BCUT2D eigenvalue weighted by Crippen LogP contribution is 2.59. The van der Waals surface area contributed by atoms with Gasteiger partial charge in [0, 0.05) is 5.92 Å². The maximum absolute atomic E-state index is 14.4. The number of aliphatic carboxylic acids is 1. The van der Waals surface area contributed by atoms with E-state index in [1.807, 2.05) is 0 Å².